The lowest BCUT2D eigenvalue weighted by molar-refractivity contribution is -0.161. The second-order valence-corrected chi connectivity index (χ2v) is 15.5. The number of halogens is 2. The number of piperidine rings is 1. The normalized spacial score (nSPS) is 27.6. The lowest BCUT2D eigenvalue weighted by Crippen LogP contribution is -2.56. The largest absolute Gasteiger partial charge is 0.348 e. The van der Waals surface area contributed by atoms with Gasteiger partial charge in [-0.25, -0.2) is 8.42 Å². The summed E-state index contributed by atoms with van der Waals surface area (Å²) in [5.74, 6) is -0.879. The molecule has 0 radical (unpaired) electrons. The summed E-state index contributed by atoms with van der Waals surface area (Å²) in [6.07, 6.45) is 3.00. The van der Waals surface area contributed by atoms with Gasteiger partial charge in [-0.15, -0.1) is 0 Å². The highest BCUT2D eigenvalue weighted by atomic mass is 35.5. The molecule has 0 aliphatic carbocycles. The zero-order valence-corrected chi connectivity index (χ0v) is 27.0. The Bertz CT molecular complexity index is 1370. The van der Waals surface area contributed by atoms with Gasteiger partial charge in [0.15, 0.2) is 15.6 Å². The summed E-state index contributed by atoms with van der Waals surface area (Å²) in [7, 11) is -3.47. The fourth-order valence-electron chi connectivity index (χ4n) is 6.08. The van der Waals surface area contributed by atoms with E-state index in [1.807, 2.05) is 81.1 Å². The van der Waals surface area contributed by atoms with Crippen LogP contribution in [0.3, 0.4) is 0 Å². The Kier molecular flexibility index (Phi) is 9.66. The second kappa shape index (κ2) is 12.4. The van der Waals surface area contributed by atoms with E-state index in [1.54, 1.807) is 19.9 Å². The van der Waals surface area contributed by atoms with E-state index in [0.29, 0.717) is 35.9 Å². The van der Waals surface area contributed by atoms with Gasteiger partial charge in [0.2, 0.25) is 5.91 Å². The first-order chi connectivity index (χ1) is 19.2. The summed E-state index contributed by atoms with van der Waals surface area (Å²) in [6, 6.07) is 14.5. The lowest BCUT2D eigenvalue weighted by Gasteiger charge is -2.52. The molecule has 2 aliphatic heterocycles. The number of carbonyl (C=O) groups excluding carboxylic acids is 1. The van der Waals surface area contributed by atoms with E-state index in [9.17, 15) is 13.2 Å². The number of nitrogens with zero attached hydrogens (tertiary/aromatic N) is 1. The molecule has 0 spiro atoms. The average Bonchev–Trinajstić information content (AvgIpc) is 3.24. The van der Waals surface area contributed by atoms with Gasteiger partial charge < -0.3 is 14.4 Å². The fourth-order valence-corrected chi connectivity index (χ4v) is 7.12. The van der Waals surface area contributed by atoms with Crippen LogP contribution in [0.25, 0.3) is 0 Å². The summed E-state index contributed by atoms with van der Waals surface area (Å²) in [5, 5.41) is 1.93. The van der Waals surface area contributed by atoms with Crippen LogP contribution in [0, 0.1) is 5.41 Å². The number of hydrogen-bond donors (Lipinski definition) is 0. The topological polar surface area (TPSA) is 72.9 Å². The standard InChI is InChI=1S/C32H41Cl2NO5S/c1-7-26(15-16-41(37,38)21(2)3)35-29(22-11-13-24(33)14-12-22)28(23-9-8-10-25(34)17-23)19-32(6,30(35)36)18-27-20-39-31(4,5)40-27/h8-17,21,26-29H,7,18-20H2,1-6H3/b16-15+/t26-,27?,28+,29?,32-/m0/s1. The van der Waals surface area contributed by atoms with Crippen LogP contribution in [-0.4, -0.2) is 49.0 Å². The number of benzene rings is 2. The van der Waals surface area contributed by atoms with Crippen LogP contribution in [0.15, 0.2) is 60.0 Å². The number of hydrogen-bond acceptors (Lipinski definition) is 5. The van der Waals surface area contributed by atoms with Gasteiger partial charge in [0.1, 0.15) is 0 Å². The molecule has 2 fully saturated rings. The number of carbonyl (C=O) groups is 1. The summed E-state index contributed by atoms with van der Waals surface area (Å²) < 4.78 is 37.6. The summed E-state index contributed by atoms with van der Waals surface area (Å²) in [6.45, 7) is 11.4. The highest BCUT2D eigenvalue weighted by Gasteiger charge is 2.53. The van der Waals surface area contributed by atoms with Crippen LogP contribution in [0.2, 0.25) is 10.0 Å². The van der Waals surface area contributed by atoms with Crippen LogP contribution in [0.4, 0.5) is 0 Å². The van der Waals surface area contributed by atoms with Crippen molar-refractivity contribution in [3.63, 3.8) is 0 Å². The van der Waals surface area contributed by atoms with Crippen molar-refractivity contribution < 1.29 is 22.7 Å². The maximum Gasteiger partial charge on any atom is 0.229 e. The Labute approximate surface area is 254 Å². The molecule has 41 heavy (non-hydrogen) atoms. The molecule has 224 valence electrons. The third-order valence-electron chi connectivity index (χ3n) is 8.26. The molecular weight excluding hydrogens is 581 g/mol. The zero-order chi connectivity index (χ0) is 30.2. The first-order valence-electron chi connectivity index (χ1n) is 14.2. The van der Waals surface area contributed by atoms with E-state index in [4.69, 9.17) is 32.7 Å². The van der Waals surface area contributed by atoms with Crippen molar-refractivity contribution in [2.24, 2.45) is 5.41 Å². The maximum absolute atomic E-state index is 14.7. The molecule has 0 bridgehead atoms. The van der Waals surface area contributed by atoms with E-state index in [-0.39, 0.29) is 24.0 Å². The van der Waals surface area contributed by atoms with Gasteiger partial charge in [-0.1, -0.05) is 67.4 Å². The van der Waals surface area contributed by atoms with Crippen molar-refractivity contribution in [1.29, 1.82) is 0 Å². The predicted octanol–water partition coefficient (Wildman–Crippen LogP) is 7.71. The molecule has 4 rings (SSSR count). The van der Waals surface area contributed by atoms with Gasteiger partial charge in [-0.05, 0) is 82.3 Å². The molecule has 9 heteroatoms. The maximum atomic E-state index is 14.7. The third kappa shape index (κ3) is 7.19. The van der Waals surface area contributed by atoms with E-state index in [0.717, 1.165) is 11.1 Å². The van der Waals surface area contributed by atoms with Gasteiger partial charge in [0.05, 0.1) is 30.0 Å². The van der Waals surface area contributed by atoms with Gasteiger partial charge >= 0.3 is 0 Å². The molecule has 5 atom stereocenters. The monoisotopic (exact) mass is 621 g/mol. The van der Waals surface area contributed by atoms with Crippen molar-refractivity contribution >= 4 is 38.9 Å². The Balaban J connectivity index is 1.88. The molecule has 6 nitrogen and oxygen atoms in total. The van der Waals surface area contributed by atoms with E-state index < -0.39 is 32.3 Å². The highest BCUT2D eigenvalue weighted by Crippen LogP contribution is 2.53. The zero-order valence-electron chi connectivity index (χ0n) is 24.6. The molecular formula is C32H41Cl2NO5S. The smallest absolute Gasteiger partial charge is 0.229 e. The van der Waals surface area contributed by atoms with E-state index in [1.165, 1.54) is 5.41 Å². The van der Waals surface area contributed by atoms with Crippen LogP contribution in [0.1, 0.15) is 83.9 Å². The minimum atomic E-state index is -3.47. The molecule has 1 amide bonds. The lowest BCUT2D eigenvalue weighted by atomic mass is 9.66. The van der Waals surface area contributed by atoms with Gasteiger partial charge in [0.25, 0.3) is 0 Å². The predicted molar refractivity (Wildman–Crippen MR) is 165 cm³/mol. The highest BCUT2D eigenvalue weighted by molar-refractivity contribution is 7.94. The van der Waals surface area contributed by atoms with Crippen molar-refractivity contribution in [2.45, 2.75) is 95.9 Å². The van der Waals surface area contributed by atoms with Crippen LogP contribution < -0.4 is 0 Å². The molecule has 2 heterocycles. The Morgan fingerprint density at radius 1 is 1.05 bits per heavy atom. The molecule has 0 N–H and O–H groups in total. The van der Waals surface area contributed by atoms with Crippen molar-refractivity contribution in [3.8, 4) is 0 Å². The van der Waals surface area contributed by atoms with E-state index in [2.05, 4.69) is 0 Å². The molecule has 2 saturated heterocycles. The second-order valence-electron chi connectivity index (χ2n) is 12.2. The van der Waals surface area contributed by atoms with Crippen LogP contribution >= 0.6 is 23.2 Å². The minimum Gasteiger partial charge on any atom is -0.348 e. The minimum absolute atomic E-state index is 0.0394. The summed E-state index contributed by atoms with van der Waals surface area (Å²) >= 11 is 12.8. The van der Waals surface area contributed by atoms with Gasteiger partial charge in [-0.2, -0.15) is 0 Å². The van der Waals surface area contributed by atoms with Gasteiger partial charge in [0, 0.05) is 26.8 Å². The van der Waals surface area contributed by atoms with Crippen molar-refractivity contribution in [2.75, 3.05) is 6.61 Å². The molecule has 0 aromatic heterocycles. The number of sulfone groups is 1. The van der Waals surface area contributed by atoms with Crippen LogP contribution in [-0.2, 0) is 24.1 Å². The fraction of sp³-hybridized carbons (Fsp3) is 0.531. The van der Waals surface area contributed by atoms with Gasteiger partial charge in [-0.3, -0.25) is 4.79 Å². The van der Waals surface area contributed by atoms with Crippen molar-refractivity contribution in [3.05, 3.63) is 81.2 Å². The summed E-state index contributed by atoms with van der Waals surface area (Å²) in [4.78, 5) is 16.6. The Morgan fingerprint density at radius 3 is 2.29 bits per heavy atom. The number of rotatable bonds is 9. The molecule has 2 aliphatic rings. The molecule has 2 aromatic rings. The number of amides is 1. The average molecular weight is 623 g/mol. The van der Waals surface area contributed by atoms with Crippen LogP contribution in [0.5, 0.6) is 0 Å². The molecule has 2 aromatic carbocycles. The van der Waals surface area contributed by atoms with E-state index >= 15 is 0 Å². The first kappa shape index (κ1) is 32.0. The number of likely N-dealkylation sites (tertiary alicyclic amines) is 1. The Hall–Kier alpha value is -1.90. The Morgan fingerprint density at radius 2 is 1.73 bits per heavy atom. The first-order valence-corrected chi connectivity index (χ1v) is 16.6. The summed E-state index contributed by atoms with van der Waals surface area (Å²) in [5.41, 5.74) is 1.14. The van der Waals surface area contributed by atoms with Crippen molar-refractivity contribution in [1.82, 2.24) is 4.90 Å². The molecule has 0 saturated carbocycles. The SMILES string of the molecule is CC[C@@H](/C=C/S(=O)(=O)C(C)C)N1C(=O)[C@@](C)(CC2COC(C)(C)O2)C[C@H](c2cccc(Cl)c2)C1c1ccc(Cl)cc1. The number of ether oxygens (including phenoxy) is 2. The molecule has 2 unspecified atom stereocenters. The third-order valence-corrected chi connectivity index (χ3v) is 10.6. The quantitative estimate of drug-likeness (QED) is 0.287.